The summed E-state index contributed by atoms with van der Waals surface area (Å²) in [6.07, 6.45) is 6.57. The molecule has 0 amide bonds. The predicted molar refractivity (Wildman–Crippen MR) is 52.4 cm³/mol. The van der Waals surface area contributed by atoms with Crippen LogP contribution in [0.5, 0.6) is 0 Å². The lowest BCUT2D eigenvalue weighted by atomic mass is 10.1. The number of hydrogen-bond donors (Lipinski definition) is 1. The van der Waals surface area contributed by atoms with E-state index in [1.165, 1.54) is 24.1 Å². The van der Waals surface area contributed by atoms with Crippen molar-refractivity contribution < 1.29 is 0 Å². The second-order valence-electron chi connectivity index (χ2n) is 4.29. The average Bonchev–Trinajstić information content (AvgIpc) is 2.69. The molecular formula is C10H17N3. The van der Waals surface area contributed by atoms with Crippen molar-refractivity contribution in [3.05, 3.63) is 17.5 Å². The third kappa shape index (κ3) is 1.91. The summed E-state index contributed by atoms with van der Waals surface area (Å²) in [4.78, 5) is 0. The minimum atomic E-state index is 0.157. The van der Waals surface area contributed by atoms with Crippen molar-refractivity contribution in [1.29, 1.82) is 0 Å². The van der Waals surface area contributed by atoms with Crippen LogP contribution in [-0.2, 0) is 13.5 Å². The molecule has 0 bridgehead atoms. The summed E-state index contributed by atoms with van der Waals surface area (Å²) in [5, 5.41) is 4.40. The lowest BCUT2D eigenvalue weighted by molar-refractivity contribution is 0.596. The van der Waals surface area contributed by atoms with Gasteiger partial charge in [-0.25, -0.2) is 0 Å². The molecular weight excluding hydrogens is 162 g/mol. The summed E-state index contributed by atoms with van der Waals surface area (Å²) in [5.41, 5.74) is 8.67. The van der Waals surface area contributed by atoms with Crippen molar-refractivity contribution in [3.8, 4) is 0 Å². The summed E-state index contributed by atoms with van der Waals surface area (Å²) in [5.74, 6) is 0. The molecule has 1 saturated carbocycles. The standard InChI is InChI=1S/C10H17N3/c1-8-7-13(2)12-9(8)3-4-10(11)5-6-10/h7H,3-6,11H2,1-2H3. The Balaban J connectivity index is 1.97. The van der Waals surface area contributed by atoms with Crippen molar-refractivity contribution in [2.45, 2.75) is 38.1 Å². The molecule has 1 fully saturated rings. The normalized spacial score (nSPS) is 19.0. The Morgan fingerprint density at radius 2 is 2.31 bits per heavy atom. The predicted octanol–water partition coefficient (Wildman–Crippen LogP) is 1.15. The van der Waals surface area contributed by atoms with Crippen LogP contribution in [0.15, 0.2) is 6.20 Å². The highest BCUT2D eigenvalue weighted by molar-refractivity contribution is 5.16. The van der Waals surface area contributed by atoms with E-state index in [-0.39, 0.29) is 5.54 Å². The first-order valence-electron chi connectivity index (χ1n) is 4.87. The lowest BCUT2D eigenvalue weighted by Crippen LogP contribution is -2.22. The number of nitrogens with zero attached hydrogens (tertiary/aromatic N) is 2. The van der Waals surface area contributed by atoms with Crippen LogP contribution < -0.4 is 5.73 Å². The molecule has 1 heterocycles. The van der Waals surface area contributed by atoms with E-state index < -0.39 is 0 Å². The molecule has 0 spiro atoms. The van der Waals surface area contributed by atoms with Crippen molar-refractivity contribution >= 4 is 0 Å². The molecule has 2 rings (SSSR count). The lowest BCUT2D eigenvalue weighted by Gasteiger charge is -2.06. The van der Waals surface area contributed by atoms with Gasteiger partial charge in [0.15, 0.2) is 0 Å². The van der Waals surface area contributed by atoms with Gasteiger partial charge in [-0.2, -0.15) is 5.10 Å². The van der Waals surface area contributed by atoms with Gasteiger partial charge in [0.05, 0.1) is 5.69 Å². The van der Waals surface area contributed by atoms with E-state index in [1.807, 2.05) is 11.7 Å². The summed E-state index contributed by atoms with van der Waals surface area (Å²) < 4.78 is 1.88. The van der Waals surface area contributed by atoms with Crippen LogP contribution >= 0.6 is 0 Å². The summed E-state index contributed by atoms with van der Waals surface area (Å²) in [6, 6.07) is 0. The molecule has 72 valence electrons. The number of hydrogen-bond acceptors (Lipinski definition) is 2. The Bertz CT molecular complexity index is 310. The van der Waals surface area contributed by atoms with Gasteiger partial charge in [0.25, 0.3) is 0 Å². The van der Waals surface area contributed by atoms with Gasteiger partial charge in [-0.1, -0.05) is 0 Å². The highest BCUT2D eigenvalue weighted by Crippen LogP contribution is 2.36. The molecule has 0 aliphatic heterocycles. The molecule has 1 aromatic rings. The second-order valence-corrected chi connectivity index (χ2v) is 4.29. The molecule has 13 heavy (non-hydrogen) atoms. The number of rotatable bonds is 3. The van der Waals surface area contributed by atoms with Crippen molar-refractivity contribution in [2.24, 2.45) is 12.8 Å². The molecule has 1 aliphatic rings. The molecule has 0 radical (unpaired) electrons. The Kier molecular flexibility index (Phi) is 1.91. The van der Waals surface area contributed by atoms with Crippen LogP contribution in [0, 0.1) is 6.92 Å². The van der Waals surface area contributed by atoms with Gasteiger partial charge in [-0.15, -0.1) is 0 Å². The third-order valence-corrected chi connectivity index (χ3v) is 2.87. The summed E-state index contributed by atoms with van der Waals surface area (Å²) in [6.45, 7) is 2.11. The first-order chi connectivity index (χ1) is 6.09. The largest absolute Gasteiger partial charge is 0.325 e. The minimum absolute atomic E-state index is 0.157. The minimum Gasteiger partial charge on any atom is -0.325 e. The number of aromatic nitrogens is 2. The zero-order chi connectivity index (χ0) is 9.47. The fourth-order valence-electron chi connectivity index (χ4n) is 1.68. The Hall–Kier alpha value is -0.830. The topological polar surface area (TPSA) is 43.8 Å². The molecule has 1 aliphatic carbocycles. The number of aryl methyl sites for hydroxylation is 3. The SMILES string of the molecule is Cc1cn(C)nc1CCC1(N)CC1. The zero-order valence-corrected chi connectivity index (χ0v) is 8.38. The van der Waals surface area contributed by atoms with E-state index >= 15 is 0 Å². The maximum atomic E-state index is 6.02. The van der Waals surface area contributed by atoms with E-state index in [4.69, 9.17) is 5.73 Å². The molecule has 1 aromatic heterocycles. The molecule has 3 heteroatoms. The van der Waals surface area contributed by atoms with Gasteiger partial charge in [0.2, 0.25) is 0 Å². The Morgan fingerprint density at radius 3 is 2.77 bits per heavy atom. The zero-order valence-electron chi connectivity index (χ0n) is 8.38. The Labute approximate surface area is 78.9 Å². The third-order valence-electron chi connectivity index (χ3n) is 2.87. The highest BCUT2D eigenvalue weighted by Gasteiger charge is 2.37. The number of nitrogens with two attached hydrogens (primary N) is 1. The van der Waals surface area contributed by atoms with E-state index in [2.05, 4.69) is 18.2 Å². The fourth-order valence-corrected chi connectivity index (χ4v) is 1.68. The van der Waals surface area contributed by atoms with Gasteiger partial charge in [-0.3, -0.25) is 4.68 Å². The van der Waals surface area contributed by atoms with Gasteiger partial charge < -0.3 is 5.73 Å². The van der Waals surface area contributed by atoms with Crippen molar-refractivity contribution in [2.75, 3.05) is 0 Å². The van der Waals surface area contributed by atoms with Crippen LogP contribution in [0.1, 0.15) is 30.5 Å². The first-order valence-corrected chi connectivity index (χ1v) is 4.87. The smallest absolute Gasteiger partial charge is 0.0654 e. The van der Waals surface area contributed by atoms with Gasteiger partial charge in [-0.05, 0) is 38.2 Å². The molecule has 3 nitrogen and oxygen atoms in total. The first kappa shape index (κ1) is 8.75. The van der Waals surface area contributed by atoms with Crippen LogP contribution in [0.25, 0.3) is 0 Å². The van der Waals surface area contributed by atoms with Gasteiger partial charge in [0.1, 0.15) is 0 Å². The Morgan fingerprint density at radius 1 is 1.62 bits per heavy atom. The van der Waals surface area contributed by atoms with Crippen molar-refractivity contribution in [3.63, 3.8) is 0 Å². The molecule has 0 unspecified atom stereocenters. The van der Waals surface area contributed by atoms with Crippen LogP contribution in [0.3, 0.4) is 0 Å². The summed E-state index contributed by atoms with van der Waals surface area (Å²) in [7, 11) is 1.96. The van der Waals surface area contributed by atoms with Gasteiger partial charge in [0, 0.05) is 18.8 Å². The maximum absolute atomic E-state index is 6.02. The quantitative estimate of drug-likeness (QED) is 0.756. The summed E-state index contributed by atoms with van der Waals surface area (Å²) >= 11 is 0. The van der Waals surface area contributed by atoms with Crippen LogP contribution in [0.4, 0.5) is 0 Å². The monoisotopic (exact) mass is 179 g/mol. The van der Waals surface area contributed by atoms with Crippen molar-refractivity contribution in [1.82, 2.24) is 9.78 Å². The molecule has 2 N–H and O–H groups in total. The molecule has 0 saturated heterocycles. The molecule has 0 aromatic carbocycles. The average molecular weight is 179 g/mol. The van der Waals surface area contributed by atoms with E-state index in [9.17, 15) is 0 Å². The van der Waals surface area contributed by atoms with Crippen LogP contribution in [0.2, 0.25) is 0 Å². The second kappa shape index (κ2) is 2.84. The van der Waals surface area contributed by atoms with E-state index in [0.717, 1.165) is 12.8 Å². The van der Waals surface area contributed by atoms with Crippen LogP contribution in [-0.4, -0.2) is 15.3 Å². The van der Waals surface area contributed by atoms with E-state index in [0.29, 0.717) is 0 Å². The highest BCUT2D eigenvalue weighted by atomic mass is 15.2. The fraction of sp³-hybridized carbons (Fsp3) is 0.700. The molecule has 0 atom stereocenters. The maximum Gasteiger partial charge on any atom is 0.0654 e. The van der Waals surface area contributed by atoms with Gasteiger partial charge >= 0.3 is 0 Å². The van der Waals surface area contributed by atoms with E-state index in [1.54, 1.807) is 0 Å².